The Labute approximate surface area is 127 Å². The van der Waals surface area contributed by atoms with Crippen molar-refractivity contribution in [3.8, 4) is 0 Å². The van der Waals surface area contributed by atoms with Gasteiger partial charge in [-0.15, -0.1) is 0 Å². The fraction of sp³-hybridized carbons (Fsp3) is 0.600. The minimum atomic E-state index is -3.06. The van der Waals surface area contributed by atoms with Gasteiger partial charge in [0.25, 0.3) is 0 Å². The smallest absolute Gasteiger partial charge is 0.211 e. The van der Waals surface area contributed by atoms with Gasteiger partial charge in [0.2, 0.25) is 10.0 Å². The molecule has 2 saturated heterocycles. The van der Waals surface area contributed by atoms with Crippen LogP contribution in [0.2, 0.25) is 0 Å². The molecular formula is C15H23N3O2S. The van der Waals surface area contributed by atoms with Gasteiger partial charge < -0.3 is 9.80 Å². The molecule has 2 heterocycles. The standard InChI is InChI=1S/C15H23N3O2S/c1-21(19,20)18-12-10-17(11-13-18)15-7-3-2-6-14(15)16-8-4-5-9-16/h2-3,6-7H,4-5,8-13H2,1H3. The number of piperazine rings is 1. The van der Waals surface area contributed by atoms with E-state index in [2.05, 4.69) is 34.1 Å². The minimum absolute atomic E-state index is 0.577. The molecule has 0 aromatic heterocycles. The summed E-state index contributed by atoms with van der Waals surface area (Å²) in [5, 5.41) is 0. The minimum Gasteiger partial charge on any atom is -0.370 e. The summed E-state index contributed by atoms with van der Waals surface area (Å²) in [6.07, 6.45) is 3.81. The topological polar surface area (TPSA) is 43.9 Å². The number of sulfonamides is 1. The van der Waals surface area contributed by atoms with Crippen LogP contribution in [0.4, 0.5) is 11.4 Å². The molecule has 0 bridgehead atoms. The molecule has 0 radical (unpaired) electrons. The Morgan fingerprint density at radius 2 is 1.29 bits per heavy atom. The summed E-state index contributed by atoms with van der Waals surface area (Å²) in [6.45, 7) is 4.93. The lowest BCUT2D eigenvalue weighted by Gasteiger charge is -2.37. The van der Waals surface area contributed by atoms with Gasteiger partial charge in [0.05, 0.1) is 17.6 Å². The molecule has 0 spiro atoms. The highest BCUT2D eigenvalue weighted by Gasteiger charge is 2.25. The zero-order chi connectivity index (χ0) is 14.9. The first-order chi connectivity index (χ1) is 10.1. The Morgan fingerprint density at radius 3 is 1.76 bits per heavy atom. The molecule has 5 nitrogen and oxygen atoms in total. The lowest BCUT2D eigenvalue weighted by atomic mass is 10.2. The summed E-state index contributed by atoms with van der Waals surface area (Å²) in [7, 11) is -3.06. The summed E-state index contributed by atoms with van der Waals surface area (Å²) >= 11 is 0. The first-order valence-corrected chi connectivity index (χ1v) is 9.44. The van der Waals surface area contributed by atoms with Crippen molar-refractivity contribution in [3.63, 3.8) is 0 Å². The van der Waals surface area contributed by atoms with Crippen LogP contribution in [-0.4, -0.2) is 58.2 Å². The molecule has 0 N–H and O–H groups in total. The van der Waals surface area contributed by atoms with Gasteiger partial charge in [0, 0.05) is 39.3 Å². The lowest BCUT2D eigenvalue weighted by Crippen LogP contribution is -2.48. The second-order valence-corrected chi connectivity index (χ2v) is 7.81. The van der Waals surface area contributed by atoms with Crippen molar-refractivity contribution < 1.29 is 8.42 Å². The van der Waals surface area contributed by atoms with E-state index in [0.29, 0.717) is 13.1 Å². The van der Waals surface area contributed by atoms with Crippen LogP contribution < -0.4 is 9.80 Å². The molecule has 0 unspecified atom stereocenters. The number of nitrogens with zero attached hydrogens (tertiary/aromatic N) is 3. The molecule has 1 aromatic rings. The molecule has 21 heavy (non-hydrogen) atoms. The predicted octanol–water partition coefficient (Wildman–Crippen LogP) is 1.37. The van der Waals surface area contributed by atoms with Crippen LogP contribution in [0.3, 0.4) is 0 Å². The number of hydrogen-bond acceptors (Lipinski definition) is 4. The molecule has 6 heteroatoms. The monoisotopic (exact) mass is 309 g/mol. The fourth-order valence-electron chi connectivity index (χ4n) is 3.22. The quantitative estimate of drug-likeness (QED) is 0.846. The van der Waals surface area contributed by atoms with Crippen molar-refractivity contribution in [2.45, 2.75) is 12.8 Å². The molecule has 2 aliphatic rings. The number of hydrogen-bond donors (Lipinski definition) is 0. The molecule has 0 amide bonds. The van der Waals surface area contributed by atoms with E-state index in [0.717, 1.165) is 26.2 Å². The fourth-order valence-corrected chi connectivity index (χ4v) is 4.04. The Morgan fingerprint density at radius 1 is 0.810 bits per heavy atom. The third kappa shape index (κ3) is 3.16. The van der Waals surface area contributed by atoms with Crippen LogP contribution in [0.15, 0.2) is 24.3 Å². The maximum absolute atomic E-state index is 11.6. The van der Waals surface area contributed by atoms with Crippen LogP contribution in [0.25, 0.3) is 0 Å². The number of anilines is 2. The first kappa shape index (κ1) is 14.7. The Kier molecular flexibility index (Phi) is 4.08. The summed E-state index contributed by atoms with van der Waals surface area (Å²) in [5.74, 6) is 0. The molecular weight excluding hydrogens is 286 g/mol. The molecule has 1 aromatic carbocycles. The third-order valence-corrected chi connectivity index (χ3v) is 5.68. The van der Waals surface area contributed by atoms with E-state index in [4.69, 9.17) is 0 Å². The lowest BCUT2D eigenvalue weighted by molar-refractivity contribution is 0.388. The second kappa shape index (κ2) is 5.85. The van der Waals surface area contributed by atoms with Gasteiger partial charge in [-0.25, -0.2) is 8.42 Å². The van der Waals surface area contributed by atoms with Crippen LogP contribution in [0.5, 0.6) is 0 Å². The number of benzene rings is 1. The van der Waals surface area contributed by atoms with E-state index in [1.54, 1.807) is 4.31 Å². The predicted molar refractivity (Wildman–Crippen MR) is 86.5 cm³/mol. The van der Waals surface area contributed by atoms with Crippen molar-refractivity contribution in [1.82, 2.24) is 4.31 Å². The highest BCUT2D eigenvalue weighted by Crippen LogP contribution is 2.32. The normalized spacial score (nSPS) is 21.0. The van der Waals surface area contributed by atoms with E-state index in [-0.39, 0.29) is 0 Å². The Balaban J connectivity index is 1.76. The van der Waals surface area contributed by atoms with Crippen LogP contribution >= 0.6 is 0 Å². The zero-order valence-electron chi connectivity index (χ0n) is 12.5. The van der Waals surface area contributed by atoms with Gasteiger partial charge in [0.15, 0.2) is 0 Å². The second-order valence-electron chi connectivity index (χ2n) is 5.83. The van der Waals surface area contributed by atoms with Gasteiger partial charge in [-0.1, -0.05) is 12.1 Å². The van der Waals surface area contributed by atoms with Crippen LogP contribution in [0.1, 0.15) is 12.8 Å². The van der Waals surface area contributed by atoms with Crippen molar-refractivity contribution in [2.24, 2.45) is 0 Å². The van der Waals surface area contributed by atoms with Gasteiger partial charge in [0.1, 0.15) is 0 Å². The van der Waals surface area contributed by atoms with E-state index in [1.165, 1.54) is 30.5 Å². The van der Waals surface area contributed by atoms with Gasteiger partial charge in [-0.2, -0.15) is 4.31 Å². The van der Waals surface area contributed by atoms with E-state index >= 15 is 0 Å². The van der Waals surface area contributed by atoms with Gasteiger partial charge in [-0.05, 0) is 25.0 Å². The van der Waals surface area contributed by atoms with Crippen LogP contribution in [0, 0.1) is 0 Å². The summed E-state index contributed by atoms with van der Waals surface area (Å²) < 4.78 is 24.8. The zero-order valence-corrected chi connectivity index (χ0v) is 13.3. The third-order valence-electron chi connectivity index (χ3n) is 4.38. The van der Waals surface area contributed by atoms with Crippen molar-refractivity contribution in [2.75, 3.05) is 55.3 Å². The highest BCUT2D eigenvalue weighted by molar-refractivity contribution is 7.88. The first-order valence-electron chi connectivity index (χ1n) is 7.60. The van der Waals surface area contributed by atoms with E-state index in [9.17, 15) is 8.42 Å². The van der Waals surface area contributed by atoms with Gasteiger partial charge in [-0.3, -0.25) is 0 Å². The summed E-state index contributed by atoms with van der Waals surface area (Å²) in [5.41, 5.74) is 2.54. The van der Waals surface area contributed by atoms with Crippen molar-refractivity contribution in [1.29, 1.82) is 0 Å². The van der Waals surface area contributed by atoms with Crippen molar-refractivity contribution in [3.05, 3.63) is 24.3 Å². The SMILES string of the molecule is CS(=O)(=O)N1CCN(c2ccccc2N2CCCC2)CC1. The largest absolute Gasteiger partial charge is 0.370 e. The molecule has 3 rings (SSSR count). The molecule has 0 aliphatic carbocycles. The Bertz CT molecular complexity index is 589. The molecule has 2 fully saturated rings. The summed E-state index contributed by atoms with van der Waals surface area (Å²) in [4.78, 5) is 4.76. The average Bonchev–Trinajstić information content (AvgIpc) is 3.01. The van der Waals surface area contributed by atoms with E-state index in [1.807, 2.05) is 0 Å². The molecule has 0 atom stereocenters. The van der Waals surface area contributed by atoms with Gasteiger partial charge >= 0.3 is 0 Å². The Hall–Kier alpha value is -1.27. The summed E-state index contributed by atoms with van der Waals surface area (Å²) in [6, 6.07) is 8.50. The highest BCUT2D eigenvalue weighted by atomic mass is 32.2. The number of para-hydroxylation sites is 2. The van der Waals surface area contributed by atoms with E-state index < -0.39 is 10.0 Å². The van der Waals surface area contributed by atoms with Crippen molar-refractivity contribution >= 4 is 21.4 Å². The van der Waals surface area contributed by atoms with Crippen LogP contribution in [-0.2, 0) is 10.0 Å². The molecule has 116 valence electrons. The molecule has 0 saturated carbocycles. The average molecular weight is 309 g/mol. The number of rotatable bonds is 3. The maximum atomic E-state index is 11.6. The maximum Gasteiger partial charge on any atom is 0.211 e. The molecule has 2 aliphatic heterocycles.